The van der Waals surface area contributed by atoms with Crippen molar-refractivity contribution in [3.05, 3.63) is 0 Å². The number of aliphatic carboxylic acids is 1. The minimum absolute atomic E-state index is 0.0570. The molecule has 0 spiro atoms. The van der Waals surface area contributed by atoms with Crippen LogP contribution in [0.5, 0.6) is 0 Å². The number of carboxylic acids is 1. The normalized spacial score (nSPS) is 51.5. The third kappa shape index (κ3) is 3.66. The van der Waals surface area contributed by atoms with Crippen LogP contribution in [0.25, 0.3) is 0 Å². The maximum atomic E-state index is 12.4. The van der Waals surface area contributed by atoms with Crippen molar-refractivity contribution in [3.8, 4) is 0 Å². The molecule has 12 atom stereocenters. The van der Waals surface area contributed by atoms with Crippen LogP contribution in [0, 0.1) is 46.3 Å². The van der Waals surface area contributed by atoms with Crippen molar-refractivity contribution in [2.75, 3.05) is 0 Å². The molecule has 4 aliphatic carbocycles. The molecular weight excluding hydrogens is 527 g/mol. The molecule has 0 heterocycles. The minimum Gasteiger partial charge on any atom is -0.481 e. The van der Waals surface area contributed by atoms with E-state index in [1.54, 1.807) is 0 Å². The second kappa shape index (κ2) is 8.72. The van der Waals surface area contributed by atoms with Crippen LogP contribution in [0.4, 0.5) is 0 Å². The molecular formula is C24H39IO7. The van der Waals surface area contributed by atoms with E-state index in [4.69, 9.17) is 5.11 Å². The lowest BCUT2D eigenvalue weighted by molar-refractivity contribution is -0.203. The summed E-state index contributed by atoms with van der Waals surface area (Å²) in [6.45, 7) is 6.25. The smallest absolute Gasteiger partial charge is 0.310 e. The van der Waals surface area contributed by atoms with Gasteiger partial charge < -0.3 is 20.4 Å². The molecule has 4 fully saturated rings. The summed E-state index contributed by atoms with van der Waals surface area (Å²) in [5.74, 6) is -0.565. The summed E-state index contributed by atoms with van der Waals surface area (Å²) in [5, 5.41) is 42.4. The fourth-order valence-corrected chi connectivity index (χ4v) is 12.0. The molecule has 0 radical (unpaired) electrons. The number of carbonyl (C=O) groups is 1. The number of alkyl halides is 1. The van der Waals surface area contributed by atoms with E-state index in [0.29, 0.717) is 25.7 Å². The van der Waals surface area contributed by atoms with Gasteiger partial charge in [0, 0.05) is 6.42 Å². The maximum Gasteiger partial charge on any atom is 0.310 e. The number of carboxylic acid groups (broad SMARTS) is 1. The Hall–Kier alpha value is -0.320. The monoisotopic (exact) mass is 566 g/mol. The van der Waals surface area contributed by atoms with Crippen LogP contribution in [0.1, 0.15) is 72.1 Å². The van der Waals surface area contributed by atoms with Gasteiger partial charge >= 0.3 is 25.8 Å². The molecule has 4 N–H and O–H groups in total. The summed E-state index contributed by atoms with van der Waals surface area (Å²) in [4.78, 5) is 11.1. The first-order chi connectivity index (χ1) is 14.9. The highest BCUT2D eigenvalue weighted by Crippen LogP contribution is 2.69. The Morgan fingerprint density at radius 1 is 1.00 bits per heavy atom. The summed E-state index contributed by atoms with van der Waals surface area (Å²) in [5.41, 5.74) is -0.924. The molecule has 32 heavy (non-hydrogen) atoms. The van der Waals surface area contributed by atoms with Gasteiger partial charge in [0.1, 0.15) is 0 Å². The van der Waals surface area contributed by atoms with Crippen LogP contribution < -0.4 is 0 Å². The van der Waals surface area contributed by atoms with E-state index in [9.17, 15) is 26.3 Å². The van der Waals surface area contributed by atoms with Crippen molar-refractivity contribution >= 4 is 25.8 Å². The van der Waals surface area contributed by atoms with Crippen LogP contribution in [-0.2, 0) is 10.9 Å². The van der Waals surface area contributed by atoms with Gasteiger partial charge in [-0.3, -0.25) is 4.79 Å². The number of hydrogen-bond donors (Lipinski definition) is 4. The number of hydrogen-bond acceptors (Lipinski definition) is 6. The zero-order chi connectivity index (χ0) is 23.6. The van der Waals surface area contributed by atoms with Gasteiger partial charge in [0.25, 0.3) is 0 Å². The number of aliphatic hydroxyl groups excluding tert-OH is 3. The molecule has 0 aliphatic heterocycles. The molecule has 4 rings (SSSR count). The summed E-state index contributed by atoms with van der Waals surface area (Å²) in [6, 6.07) is 0. The fourth-order valence-electron chi connectivity index (χ4n) is 8.97. The lowest BCUT2D eigenvalue weighted by Gasteiger charge is -2.64. The Kier molecular flexibility index (Phi) is 6.75. The zero-order valence-corrected chi connectivity index (χ0v) is 21.5. The van der Waals surface area contributed by atoms with Gasteiger partial charge in [0.15, 0.2) is 0 Å². The van der Waals surface area contributed by atoms with Crippen molar-refractivity contribution < 1.29 is 31.4 Å². The second-order valence-corrected chi connectivity index (χ2v) is 14.6. The third-order valence-electron chi connectivity index (χ3n) is 10.6. The van der Waals surface area contributed by atoms with E-state index < -0.39 is 58.8 Å². The zero-order valence-electron chi connectivity index (χ0n) is 19.3. The molecule has 0 saturated heterocycles. The fraction of sp³-hybridized carbons (Fsp3) is 0.958. The van der Waals surface area contributed by atoms with Crippen molar-refractivity contribution in [1.29, 1.82) is 0 Å². The first kappa shape index (κ1) is 24.8. The Labute approximate surface area is 197 Å². The molecule has 0 aromatic carbocycles. The second-order valence-electron chi connectivity index (χ2n) is 11.7. The Bertz CT molecular complexity index is 806. The number of halogens is 1. The largest absolute Gasteiger partial charge is 0.481 e. The van der Waals surface area contributed by atoms with Crippen molar-refractivity contribution in [1.82, 2.24) is 0 Å². The summed E-state index contributed by atoms with van der Waals surface area (Å²) < 4.78 is 24.3. The van der Waals surface area contributed by atoms with Gasteiger partial charge in [-0.2, -0.15) is 0 Å². The molecule has 0 amide bonds. The van der Waals surface area contributed by atoms with Gasteiger partial charge in [-0.1, -0.05) is 20.8 Å². The number of fused-ring (bicyclic) bond motifs is 5. The van der Waals surface area contributed by atoms with E-state index in [0.717, 1.165) is 12.8 Å². The molecule has 184 valence electrons. The number of aliphatic hydroxyl groups is 3. The van der Waals surface area contributed by atoms with Crippen LogP contribution in [0.15, 0.2) is 0 Å². The molecule has 8 heteroatoms. The SMILES string of the molecule is CC(CCC(=O)O)C1CCC2C3C(O)CC4CC(O)CC(I(=O)=O)C4(C)C3CC(O)C12C. The van der Waals surface area contributed by atoms with Gasteiger partial charge in [-0.05, 0) is 91.3 Å². The van der Waals surface area contributed by atoms with E-state index in [1.807, 2.05) is 0 Å². The predicted molar refractivity (Wildman–Crippen MR) is 125 cm³/mol. The van der Waals surface area contributed by atoms with Gasteiger partial charge in [-0.15, -0.1) is 0 Å². The van der Waals surface area contributed by atoms with Gasteiger partial charge in [0.05, 0.1) is 22.2 Å². The number of rotatable bonds is 5. The molecule has 4 aliphatic rings. The highest BCUT2D eigenvalue weighted by Gasteiger charge is 2.68. The summed E-state index contributed by atoms with van der Waals surface area (Å²) >= 11 is -3.72. The molecule has 0 aromatic rings. The topological polar surface area (TPSA) is 132 Å². The van der Waals surface area contributed by atoms with Crippen LogP contribution in [0.2, 0.25) is 0 Å². The summed E-state index contributed by atoms with van der Waals surface area (Å²) in [7, 11) is 0. The van der Waals surface area contributed by atoms with Crippen LogP contribution in [-0.4, -0.2) is 48.6 Å². The van der Waals surface area contributed by atoms with E-state index in [1.165, 1.54) is 0 Å². The first-order valence-electron chi connectivity index (χ1n) is 12.2. The highest BCUT2D eigenvalue weighted by molar-refractivity contribution is 14.2. The standard InChI is InChI=1S/C24H39IO7/c1-12(4-7-21(29)30)15-5-6-16-22-17(11-20(28)24(15,16)3)23(2)13(9-18(22)27)8-14(26)10-19(23)25(31)32/h12-20,22,26-28H,4-11H2,1-3H3,(H,29,30). The first-order valence-corrected chi connectivity index (χ1v) is 15.2. The van der Waals surface area contributed by atoms with Crippen molar-refractivity contribution in [3.63, 3.8) is 0 Å². The molecule has 0 bridgehead atoms. The average Bonchev–Trinajstić information content (AvgIpc) is 3.06. The maximum absolute atomic E-state index is 12.4. The lowest BCUT2D eigenvalue weighted by atomic mass is 9.43. The third-order valence-corrected chi connectivity index (χ3v) is 13.7. The Morgan fingerprint density at radius 2 is 1.69 bits per heavy atom. The predicted octanol–water partition coefficient (Wildman–Crippen LogP) is 3.62. The van der Waals surface area contributed by atoms with Crippen molar-refractivity contribution in [2.24, 2.45) is 46.3 Å². The van der Waals surface area contributed by atoms with Crippen LogP contribution >= 0.6 is 19.8 Å². The Morgan fingerprint density at radius 3 is 2.31 bits per heavy atom. The average molecular weight is 566 g/mol. The van der Waals surface area contributed by atoms with Crippen molar-refractivity contribution in [2.45, 2.75) is 94.4 Å². The van der Waals surface area contributed by atoms with Gasteiger partial charge in [0.2, 0.25) is 0 Å². The lowest BCUT2D eigenvalue weighted by Crippen LogP contribution is -2.64. The molecule has 7 nitrogen and oxygen atoms in total. The van der Waals surface area contributed by atoms with E-state index in [-0.39, 0.29) is 48.3 Å². The quantitative estimate of drug-likeness (QED) is 0.295. The molecule has 4 saturated carbocycles. The Balaban J connectivity index is 1.68. The molecule has 0 aromatic heterocycles. The molecule has 12 unspecified atom stereocenters. The van der Waals surface area contributed by atoms with Crippen LogP contribution in [0.3, 0.4) is 0 Å². The summed E-state index contributed by atoms with van der Waals surface area (Å²) in [6.07, 6.45) is 2.43. The highest BCUT2D eigenvalue weighted by atomic mass is 127. The van der Waals surface area contributed by atoms with E-state index in [2.05, 4.69) is 20.8 Å². The van der Waals surface area contributed by atoms with E-state index >= 15 is 0 Å². The minimum atomic E-state index is -3.72. The van der Waals surface area contributed by atoms with Gasteiger partial charge in [-0.25, -0.2) is 6.14 Å².